The number of hydrogen-bond acceptors (Lipinski definition) is 3. The Bertz CT molecular complexity index is 272. The van der Waals surface area contributed by atoms with Gasteiger partial charge in [0, 0.05) is 24.5 Å². The highest BCUT2D eigenvalue weighted by Crippen LogP contribution is 2.16. The number of nitrogens with zero attached hydrogens (tertiary/aromatic N) is 1. The third kappa shape index (κ3) is 1.21. The molecule has 1 aromatic heterocycles. The van der Waals surface area contributed by atoms with Crippen LogP contribution in [0.5, 0.6) is 0 Å². The highest BCUT2D eigenvalue weighted by Gasteiger charge is 2.11. The van der Waals surface area contributed by atoms with E-state index < -0.39 is 0 Å². The number of aromatic nitrogens is 1. The van der Waals surface area contributed by atoms with Gasteiger partial charge in [-0.15, -0.1) is 0 Å². The number of nitrogens with one attached hydrogen (secondary N) is 1. The molecule has 0 radical (unpaired) electrons. The number of hydrogen-bond donors (Lipinski definition) is 2. The first-order chi connectivity index (χ1) is 5.92. The molecule has 1 aromatic rings. The largest absolute Gasteiger partial charge is 0.392 e. The molecule has 0 fully saturated rings. The fraction of sp³-hybridized carbons (Fsp3) is 0.444. The van der Waals surface area contributed by atoms with Gasteiger partial charge in [-0.3, -0.25) is 4.98 Å². The van der Waals surface area contributed by atoms with E-state index >= 15 is 0 Å². The molecule has 0 saturated heterocycles. The van der Waals surface area contributed by atoms with Crippen molar-refractivity contribution in [3.63, 3.8) is 0 Å². The van der Waals surface area contributed by atoms with Crippen LogP contribution >= 0.6 is 0 Å². The molecule has 2 N–H and O–H groups in total. The van der Waals surface area contributed by atoms with E-state index in [9.17, 15) is 0 Å². The van der Waals surface area contributed by atoms with Gasteiger partial charge < -0.3 is 10.4 Å². The highest BCUT2D eigenvalue weighted by atomic mass is 16.3. The molecule has 1 aliphatic heterocycles. The van der Waals surface area contributed by atoms with Gasteiger partial charge in [0.2, 0.25) is 0 Å². The Morgan fingerprint density at radius 1 is 1.50 bits per heavy atom. The molecule has 0 bridgehead atoms. The van der Waals surface area contributed by atoms with Crippen molar-refractivity contribution < 1.29 is 5.11 Å². The van der Waals surface area contributed by atoms with E-state index in [4.69, 9.17) is 5.11 Å². The van der Waals surface area contributed by atoms with Gasteiger partial charge in [0.05, 0.1) is 6.61 Å². The molecular formula is C9H12N2O. The molecule has 0 spiro atoms. The van der Waals surface area contributed by atoms with E-state index in [1.165, 1.54) is 11.1 Å². The van der Waals surface area contributed by atoms with Crippen molar-refractivity contribution in [2.24, 2.45) is 0 Å². The van der Waals surface area contributed by atoms with Crippen LogP contribution in [-0.2, 0) is 19.6 Å². The second-order valence-electron chi connectivity index (χ2n) is 3.02. The van der Waals surface area contributed by atoms with Gasteiger partial charge in [0.1, 0.15) is 0 Å². The van der Waals surface area contributed by atoms with Crippen LogP contribution in [0.25, 0.3) is 0 Å². The van der Waals surface area contributed by atoms with Crippen molar-refractivity contribution in [1.82, 2.24) is 10.3 Å². The zero-order chi connectivity index (χ0) is 8.39. The van der Waals surface area contributed by atoms with Gasteiger partial charge in [-0.25, -0.2) is 0 Å². The lowest BCUT2D eigenvalue weighted by atomic mass is 9.99. The van der Waals surface area contributed by atoms with Gasteiger partial charge in [0.25, 0.3) is 0 Å². The monoisotopic (exact) mass is 164 g/mol. The third-order valence-corrected chi connectivity index (χ3v) is 2.28. The van der Waals surface area contributed by atoms with Gasteiger partial charge in [-0.1, -0.05) is 0 Å². The van der Waals surface area contributed by atoms with Crippen LogP contribution in [0, 0.1) is 0 Å². The first kappa shape index (κ1) is 7.71. The Morgan fingerprint density at radius 2 is 2.42 bits per heavy atom. The predicted octanol–water partition coefficient (Wildman–Crippen LogP) is 0.220. The first-order valence-corrected chi connectivity index (χ1v) is 4.18. The lowest BCUT2D eigenvalue weighted by Gasteiger charge is -2.18. The van der Waals surface area contributed by atoms with E-state index in [0.717, 1.165) is 25.1 Å². The Balaban J connectivity index is 2.44. The van der Waals surface area contributed by atoms with E-state index in [2.05, 4.69) is 10.3 Å². The molecule has 0 atom stereocenters. The minimum Gasteiger partial charge on any atom is -0.392 e. The SMILES string of the molecule is OCc1cncc2c1CNCC2. The van der Waals surface area contributed by atoms with Crippen LogP contribution < -0.4 is 5.32 Å². The second kappa shape index (κ2) is 3.21. The van der Waals surface area contributed by atoms with Crippen LogP contribution in [0.3, 0.4) is 0 Å². The van der Waals surface area contributed by atoms with Crippen LogP contribution in [0.4, 0.5) is 0 Å². The molecule has 2 rings (SSSR count). The minimum absolute atomic E-state index is 0.0951. The van der Waals surface area contributed by atoms with E-state index in [0.29, 0.717) is 0 Å². The Hall–Kier alpha value is -0.930. The summed E-state index contributed by atoms with van der Waals surface area (Å²) in [6, 6.07) is 0. The molecule has 12 heavy (non-hydrogen) atoms. The van der Waals surface area contributed by atoms with E-state index in [-0.39, 0.29) is 6.61 Å². The molecule has 0 aliphatic carbocycles. The fourth-order valence-electron chi connectivity index (χ4n) is 1.59. The van der Waals surface area contributed by atoms with Crippen LogP contribution in [-0.4, -0.2) is 16.6 Å². The van der Waals surface area contributed by atoms with Crippen molar-refractivity contribution in [1.29, 1.82) is 0 Å². The Labute approximate surface area is 71.4 Å². The summed E-state index contributed by atoms with van der Waals surface area (Å²) in [5, 5.41) is 12.3. The molecule has 64 valence electrons. The van der Waals surface area contributed by atoms with E-state index in [1.54, 1.807) is 6.20 Å². The first-order valence-electron chi connectivity index (χ1n) is 4.18. The standard InChI is InChI=1S/C9H12N2O/c12-6-8-4-11-3-7-1-2-10-5-9(7)8/h3-4,10,12H,1-2,5-6H2. The molecule has 0 amide bonds. The fourth-order valence-corrected chi connectivity index (χ4v) is 1.59. The van der Waals surface area contributed by atoms with Gasteiger partial charge in [0.15, 0.2) is 0 Å². The zero-order valence-electron chi connectivity index (χ0n) is 6.88. The van der Waals surface area contributed by atoms with Gasteiger partial charge >= 0.3 is 0 Å². The minimum atomic E-state index is 0.0951. The summed E-state index contributed by atoms with van der Waals surface area (Å²) in [5.41, 5.74) is 3.47. The van der Waals surface area contributed by atoms with Crippen molar-refractivity contribution >= 4 is 0 Å². The van der Waals surface area contributed by atoms with Gasteiger partial charge in [-0.05, 0) is 24.1 Å². The van der Waals surface area contributed by atoms with Crippen LogP contribution in [0.2, 0.25) is 0 Å². The smallest absolute Gasteiger partial charge is 0.0700 e. The number of aliphatic hydroxyl groups is 1. The molecule has 0 aromatic carbocycles. The van der Waals surface area contributed by atoms with Crippen molar-refractivity contribution in [2.75, 3.05) is 6.54 Å². The Morgan fingerprint density at radius 3 is 3.25 bits per heavy atom. The third-order valence-electron chi connectivity index (χ3n) is 2.28. The molecule has 2 heterocycles. The summed E-state index contributed by atoms with van der Waals surface area (Å²) in [6.07, 6.45) is 4.66. The van der Waals surface area contributed by atoms with Crippen LogP contribution in [0.1, 0.15) is 16.7 Å². The summed E-state index contributed by atoms with van der Waals surface area (Å²) in [5.74, 6) is 0. The quantitative estimate of drug-likeness (QED) is 0.624. The summed E-state index contributed by atoms with van der Waals surface area (Å²) < 4.78 is 0. The topological polar surface area (TPSA) is 45.2 Å². The number of aliphatic hydroxyl groups excluding tert-OH is 1. The number of fused-ring (bicyclic) bond motifs is 1. The lowest BCUT2D eigenvalue weighted by molar-refractivity contribution is 0.279. The average molecular weight is 164 g/mol. The highest BCUT2D eigenvalue weighted by molar-refractivity contribution is 5.33. The van der Waals surface area contributed by atoms with Crippen molar-refractivity contribution in [3.8, 4) is 0 Å². The van der Waals surface area contributed by atoms with Gasteiger partial charge in [-0.2, -0.15) is 0 Å². The van der Waals surface area contributed by atoms with Crippen molar-refractivity contribution in [2.45, 2.75) is 19.6 Å². The summed E-state index contributed by atoms with van der Waals surface area (Å²) in [6.45, 7) is 1.98. The molecule has 3 heteroatoms. The average Bonchev–Trinajstić information content (AvgIpc) is 2.17. The summed E-state index contributed by atoms with van der Waals surface area (Å²) >= 11 is 0. The predicted molar refractivity (Wildman–Crippen MR) is 45.6 cm³/mol. The maximum Gasteiger partial charge on any atom is 0.0700 e. The molecule has 0 saturated carbocycles. The molecule has 0 unspecified atom stereocenters. The Kier molecular flexibility index (Phi) is 2.06. The molecule has 3 nitrogen and oxygen atoms in total. The number of rotatable bonds is 1. The van der Waals surface area contributed by atoms with Crippen molar-refractivity contribution in [3.05, 3.63) is 29.1 Å². The normalized spacial score (nSPS) is 15.8. The summed E-state index contributed by atoms with van der Waals surface area (Å²) in [7, 11) is 0. The lowest BCUT2D eigenvalue weighted by Crippen LogP contribution is -2.25. The molecule has 1 aliphatic rings. The maximum atomic E-state index is 9.03. The second-order valence-corrected chi connectivity index (χ2v) is 3.02. The summed E-state index contributed by atoms with van der Waals surface area (Å²) in [4.78, 5) is 4.08. The zero-order valence-corrected chi connectivity index (χ0v) is 6.88. The van der Waals surface area contributed by atoms with E-state index in [1.807, 2.05) is 6.20 Å². The maximum absolute atomic E-state index is 9.03. The molecular weight excluding hydrogens is 152 g/mol. The number of pyridine rings is 1. The van der Waals surface area contributed by atoms with Crippen LogP contribution in [0.15, 0.2) is 12.4 Å².